The molecule has 0 radical (unpaired) electrons. The van der Waals surface area contributed by atoms with Gasteiger partial charge >= 0.3 is 0 Å². The number of hydrogen-bond acceptors (Lipinski definition) is 4. The third kappa shape index (κ3) is 5.47. The summed E-state index contributed by atoms with van der Waals surface area (Å²) in [5.41, 5.74) is 3.39. The molecular formula is C21H26ClN3O3. The summed E-state index contributed by atoms with van der Waals surface area (Å²) in [6.07, 6.45) is 0. The SMILES string of the molecule is COc1ccc(Cl)cc1NC(=O)C(C)N(C)CC(=O)Nc1cccc(C)c1C. The monoisotopic (exact) mass is 403 g/mol. The molecule has 6 nitrogen and oxygen atoms in total. The highest BCUT2D eigenvalue weighted by Crippen LogP contribution is 2.28. The van der Waals surface area contributed by atoms with Gasteiger partial charge in [-0.2, -0.15) is 0 Å². The molecule has 1 atom stereocenters. The maximum absolute atomic E-state index is 12.6. The number of amides is 2. The predicted octanol–water partition coefficient (Wildman–Crippen LogP) is 3.86. The van der Waals surface area contributed by atoms with Crippen LogP contribution >= 0.6 is 11.6 Å². The molecule has 0 aliphatic carbocycles. The van der Waals surface area contributed by atoms with Gasteiger partial charge in [0.05, 0.1) is 25.4 Å². The van der Waals surface area contributed by atoms with E-state index in [1.54, 1.807) is 37.1 Å². The smallest absolute Gasteiger partial charge is 0.241 e. The average Bonchev–Trinajstić information content (AvgIpc) is 2.65. The molecule has 0 aromatic heterocycles. The van der Waals surface area contributed by atoms with Crippen LogP contribution in [0.25, 0.3) is 0 Å². The number of aryl methyl sites for hydroxylation is 1. The number of ether oxygens (including phenoxy) is 1. The second-order valence-corrected chi connectivity index (χ2v) is 7.16. The molecule has 0 fully saturated rings. The van der Waals surface area contributed by atoms with E-state index in [0.717, 1.165) is 16.8 Å². The highest BCUT2D eigenvalue weighted by Gasteiger charge is 2.21. The molecule has 2 aromatic carbocycles. The molecule has 7 heteroatoms. The van der Waals surface area contributed by atoms with Crippen molar-refractivity contribution in [3.05, 3.63) is 52.5 Å². The number of carbonyl (C=O) groups is 2. The van der Waals surface area contributed by atoms with E-state index in [9.17, 15) is 9.59 Å². The van der Waals surface area contributed by atoms with E-state index in [2.05, 4.69) is 10.6 Å². The standard InChI is InChI=1S/C21H26ClN3O3/c1-13-7-6-8-17(14(13)2)23-20(26)12-25(4)15(3)21(27)24-18-11-16(22)9-10-19(18)28-5/h6-11,15H,12H2,1-5H3,(H,23,26)(H,24,27). The van der Waals surface area contributed by atoms with E-state index in [4.69, 9.17) is 16.3 Å². The van der Waals surface area contributed by atoms with Crippen molar-refractivity contribution in [3.63, 3.8) is 0 Å². The van der Waals surface area contributed by atoms with Gasteiger partial charge in [-0.3, -0.25) is 14.5 Å². The van der Waals surface area contributed by atoms with Gasteiger partial charge in [-0.15, -0.1) is 0 Å². The average molecular weight is 404 g/mol. The lowest BCUT2D eigenvalue weighted by atomic mass is 10.1. The molecule has 0 heterocycles. The Morgan fingerprint density at radius 1 is 1.14 bits per heavy atom. The van der Waals surface area contributed by atoms with E-state index >= 15 is 0 Å². The Hall–Kier alpha value is -2.57. The molecule has 0 aliphatic heterocycles. The summed E-state index contributed by atoms with van der Waals surface area (Å²) in [4.78, 5) is 26.7. The first-order chi connectivity index (χ1) is 13.2. The van der Waals surface area contributed by atoms with Crippen LogP contribution in [0.2, 0.25) is 5.02 Å². The molecule has 28 heavy (non-hydrogen) atoms. The quantitative estimate of drug-likeness (QED) is 0.736. The first-order valence-electron chi connectivity index (χ1n) is 8.93. The molecule has 2 N–H and O–H groups in total. The van der Waals surface area contributed by atoms with Gasteiger partial charge in [0.25, 0.3) is 0 Å². The van der Waals surface area contributed by atoms with Crippen LogP contribution in [0.1, 0.15) is 18.1 Å². The van der Waals surface area contributed by atoms with Crippen LogP contribution in [0.3, 0.4) is 0 Å². The zero-order valence-electron chi connectivity index (χ0n) is 16.8. The third-order valence-corrected chi connectivity index (χ3v) is 4.97. The number of benzene rings is 2. The van der Waals surface area contributed by atoms with Crippen molar-refractivity contribution in [2.24, 2.45) is 0 Å². The second-order valence-electron chi connectivity index (χ2n) is 6.72. The number of hydrogen-bond donors (Lipinski definition) is 2. The molecule has 0 aliphatic rings. The van der Waals surface area contributed by atoms with Crippen LogP contribution < -0.4 is 15.4 Å². The molecule has 0 saturated heterocycles. The number of rotatable bonds is 7. The predicted molar refractivity (Wildman–Crippen MR) is 113 cm³/mol. The topological polar surface area (TPSA) is 70.7 Å². The van der Waals surface area contributed by atoms with Crippen molar-refractivity contribution in [1.29, 1.82) is 0 Å². The van der Waals surface area contributed by atoms with Crippen molar-refractivity contribution in [3.8, 4) is 5.75 Å². The molecule has 0 saturated carbocycles. The lowest BCUT2D eigenvalue weighted by Gasteiger charge is -2.24. The Morgan fingerprint density at radius 2 is 1.86 bits per heavy atom. The fraction of sp³-hybridized carbons (Fsp3) is 0.333. The molecule has 1 unspecified atom stereocenters. The van der Waals surface area contributed by atoms with E-state index in [-0.39, 0.29) is 18.4 Å². The zero-order valence-corrected chi connectivity index (χ0v) is 17.6. The minimum Gasteiger partial charge on any atom is -0.495 e. The number of nitrogens with zero attached hydrogens (tertiary/aromatic N) is 1. The summed E-state index contributed by atoms with van der Waals surface area (Å²) in [6, 6.07) is 10.2. The fourth-order valence-corrected chi connectivity index (χ4v) is 2.83. The van der Waals surface area contributed by atoms with Crippen LogP contribution in [0.5, 0.6) is 5.75 Å². The third-order valence-electron chi connectivity index (χ3n) is 4.73. The summed E-state index contributed by atoms with van der Waals surface area (Å²) in [5.74, 6) is 0.0686. The molecule has 0 bridgehead atoms. The summed E-state index contributed by atoms with van der Waals surface area (Å²) in [6.45, 7) is 5.77. The number of halogens is 1. The van der Waals surface area contributed by atoms with Crippen LogP contribution in [0.15, 0.2) is 36.4 Å². The van der Waals surface area contributed by atoms with Gasteiger partial charge < -0.3 is 15.4 Å². The lowest BCUT2D eigenvalue weighted by molar-refractivity contribution is -0.122. The molecule has 2 aromatic rings. The minimum absolute atomic E-state index is 0.0780. The highest BCUT2D eigenvalue weighted by atomic mass is 35.5. The first-order valence-corrected chi connectivity index (χ1v) is 9.31. The molecular weight excluding hydrogens is 378 g/mol. The number of methoxy groups -OCH3 is 1. The van der Waals surface area contributed by atoms with Gasteiger partial charge in [-0.1, -0.05) is 23.7 Å². The number of likely N-dealkylation sites (N-methyl/N-ethyl adjacent to an activating group) is 1. The van der Waals surface area contributed by atoms with Crippen molar-refractivity contribution >= 4 is 34.8 Å². The van der Waals surface area contributed by atoms with E-state index in [1.165, 1.54) is 7.11 Å². The van der Waals surface area contributed by atoms with E-state index in [1.807, 2.05) is 32.0 Å². The second kappa shape index (κ2) is 9.57. The minimum atomic E-state index is -0.534. The Labute approximate surface area is 170 Å². The van der Waals surface area contributed by atoms with Crippen LogP contribution in [0, 0.1) is 13.8 Å². The van der Waals surface area contributed by atoms with Gasteiger partial charge in [0.1, 0.15) is 5.75 Å². The Bertz CT molecular complexity index is 870. The highest BCUT2D eigenvalue weighted by molar-refractivity contribution is 6.31. The van der Waals surface area contributed by atoms with Gasteiger partial charge in [0.2, 0.25) is 11.8 Å². The molecule has 150 valence electrons. The lowest BCUT2D eigenvalue weighted by Crippen LogP contribution is -2.43. The van der Waals surface area contributed by atoms with Crippen molar-refractivity contribution in [1.82, 2.24) is 4.90 Å². The molecule has 0 spiro atoms. The Morgan fingerprint density at radius 3 is 2.54 bits per heavy atom. The van der Waals surface area contributed by atoms with Crippen LogP contribution in [0.4, 0.5) is 11.4 Å². The first kappa shape index (κ1) is 21.7. The summed E-state index contributed by atoms with van der Waals surface area (Å²) in [7, 11) is 3.24. The van der Waals surface area contributed by atoms with Gasteiger partial charge in [0, 0.05) is 10.7 Å². The number of carbonyl (C=O) groups excluding carboxylic acids is 2. The summed E-state index contributed by atoms with van der Waals surface area (Å²) >= 11 is 6.00. The van der Waals surface area contributed by atoms with Gasteiger partial charge in [-0.05, 0) is 63.2 Å². The summed E-state index contributed by atoms with van der Waals surface area (Å²) < 4.78 is 5.24. The normalized spacial score (nSPS) is 11.8. The summed E-state index contributed by atoms with van der Waals surface area (Å²) in [5, 5.41) is 6.19. The maximum atomic E-state index is 12.6. The molecule has 2 rings (SSSR count). The van der Waals surface area contributed by atoms with Crippen molar-refractivity contribution in [2.75, 3.05) is 31.3 Å². The van der Waals surface area contributed by atoms with Crippen molar-refractivity contribution < 1.29 is 14.3 Å². The molecule has 2 amide bonds. The number of nitrogens with one attached hydrogen (secondary N) is 2. The largest absolute Gasteiger partial charge is 0.495 e. The van der Waals surface area contributed by atoms with Crippen LogP contribution in [-0.2, 0) is 9.59 Å². The van der Waals surface area contributed by atoms with Gasteiger partial charge in [-0.25, -0.2) is 0 Å². The maximum Gasteiger partial charge on any atom is 0.241 e. The number of anilines is 2. The Balaban J connectivity index is 1.98. The van der Waals surface area contributed by atoms with Crippen LogP contribution in [-0.4, -0.2) is 43.5 Å². The Kier molecular flexibility index (Phi) is 7.43. The van der Waals surface area contributed by atoms with Crippen molar-refractivity contribution in [2.45, 2.75) is 26.8 Å². The zero-order chi connectivity index (χ0) is 20.8. The fourth-order valence-electron chi connectivity index (χ4n) is 2.65. The van der Waals surface area contributed by atoms with E-state index < -0.39 is 6.04 Å². The van der Waals surface area contributed by atoms with Gasteiger partial charge in [0.15, 0.2) is 0 Å². The van der Waals surface area contributed by atoms with E-state index in [0.29, 0.717) is 16.5 Å².